The van der Waals surface area contributed by atoms with Gasteiger partial charge < -0.3 is 10.4 Å². The molecule has 1 heterocycles. The molecule has 1 atom stereocenters. The van der Waals surface area contributed by atoms with E-state index in [0.717, 1.165) is 17.4 Å². The van der Waals surface area contributed by atoms with Crippen molar-refractivity contribution in [1.29, 1.82) is 0 Å². The minimum absolute atomic E-state index is 0.0967. The van der Waals surface area contributed by atoms with Crippen molar-refractivity contribution < 1.29 is 14.7 Å². The van der Waals surface area contributed by atoms with Crippen LogP contribution < -0.4 is 5.32 Å². The molecule has 4 nitrogen and oxygen atoms in total. The summed E-state index contributed by atoms with van der Waals surface area (Å²) < 4.78 is 0. The molecule has 1 aromatic rings. The SMILES string of the molecule is CCC(NC(=O)c1ccc(/C=C/C(=O)O)s1)C(C)C. The molecule has 0 saturated carbocycles. The summed E-state index contributed by atoms with van der Waals surface area (Å²) in [6.07, 6.45) is 3.45. The second kappa shape index (κ2) is 7.09. The molecule has 0 aromatic carbocycles. The Morgan fingerprint density at radius 3 is 2.63 bits per heavy atom. The van der Waals surface area contributed by atoms with Crippen molar-refractivity contribution in [2.24, 2.45) is 5.92 Å². The van der Waals surface area contributed by atoms with E-state index in [4.69, 9.17) is 5.11 Å². The van der Waals surface area contributed by atoms with Crippen LogP contribution in [0.3, 0.4) is 0 Å². The van der Waals surface area contributed by atoms with Crippen molar-refractivity contribution in [1.82, 2.24) is 5.32 Å². The Balaban J connectivity index is 2.70. The molecule has 0 bridgehead atoms. The molecule has 1 amide bonds. The van der Waals surface area contributed by atoms with Gasteiger partial charge in [-0.1, -0.05) is 20.8 Å². The Bertz CT molecular complexity index is 477. The molecule has 0 spiro atoms. The van der Waals surface area contributed by atoms with Crippen molar-refractivity contribution in [2.75, 3.05) is 0 Å². The number of carboxylic acids is 1. The highest BCUT2D eigenvalue weighted by molar-refractivity contribution is 7.14. The Morgan fingerprint density at radius 2 is 2.11 bits per heavy atom. The third kappa shape index (κ3) is 4.87. The zero-order valence-electron chi connectivity index (χ0n) is 11.3. The normalized spacial score (nSPS) is 12.8. The number of carbonyl (C=O) groups is 2. The molecule has 0 fully saturated rings. The summed E-state index contributed by atoms with van der Waals surface area (Å²) in [7, 11) is 0. The fourth-order valence-electron chi connectivity index (χ4n) is 1.70. The Kier molecular flexibility index (Phi) is 5.76. The zero-order valence-corrected chi connectivity index (χ0v) is 12.2. The molecule has 1 rings (SSSR count). The molecule has 0 radical (unpaired) electrons. The van der Waals surface area contributed by atoms with Gasteiger partial charge in [-0.15, -0.1) is 11.3 Å². The maximum Gasteiger partial charge on any atom is 0.328 e. The van der Waals surface area contributed by atoms with E-state index in [0.29, 0.717) is 10.8 Å². The maximum absolute atomic E-state index is 12.0. The molecule has 0 aliphatic heterocycles. The second-order valence-electron chi connectivity index (χ2n) is 4.61. The van der Waals surface area contributed by atoms with Crippen LogP contribution in [-0.4, -0.2) is 23.0 Å². The zero-order chi connectivity index (χ0) is 14.4. The van der Waals surface area contributed by atoms with E-state index in [1.165, 1.54) is 17.4 Å². The highest BCUT2D eigenvalue weighted by Crippen LogP contribution is 2.18. The lowest BCUT2D eigenvalue weighted by molar-refractivity contribution is -0.131. The highest BCUT2D eigenvalue weighted by Gasteiger charge is 2.16. The summed E-state index contributed by atoms with van der Waals surface area (Å²) in [5.74, 6) is -0.703. The minimum atomic E-state index is -0.995. The quantitative estimate of drug-likeness (QED) is 0.788. The molecular weight excluding hydrogens is 262 g/mol. The smallest absolute Gasteiger partial charge is 0.328 e. The van der Waals surface area contributed by atoms with Crippen LogP contribution in [0.2, 0.25) is 0 Å². The summed E-state index contributed by atoms with van der Waals surface area (Å²) >= 11 is 1.28. The largest absolute Gasteiger partial charge is 0.478 e. The van der Waals surface area contributed by atoms with Gasteiger partial charge >= 0.3 is 5.97 Å². The number of nitrogens with one attached hydrogen (secondary N) is 1. The number of hydrogen-bond donors (Lipinski definition) is 2. The predicted molar refractivity (Wildman–Crippen MR) is 77.4 cm³/mol. The Labute approximate surface area is 117 Å². The van der Waals surface area contributed by atoms with E-state index in [-0.39, 0.29) is 11.9 Å². The highest BCUT2D eigenvalue weighted by atomic mass is 32.1. The fourth-order valence-corrected chi connectivity index (χ4v) is 2.51. The minimum Gasteiger partial charge on any atom is -0.478 e. The van der Waals surface area contributed by atoms with Crippen molar-refractivity contribution in [3.8, 4) is 0 Å². The molecule has 19 heavy (non-hydrogen) atoms. The van der Waals surface area contributed by atoms with Crippen LogP contribution in [0, 0.1) is 5.92 Å². The first-order valence-electron chi connectivity index (χ1n) is 6.25. The molecule has 0 aliphatic rings. The van der Waals surface area contributed by atoms with E-state index in [1.54, 1.807) is 12.1 Å². The van der Waals surface area contributed by atoms with E-state index >= 15 is 0 Å². The van der Waals surface area contributed by atoms with Gasteiger partial charge in [0.1, 0.15) is 0 Å². The van der Waals surface area contributed by atoms with Gasteiger partial charge in [0, 0.05) is 17.0 Å². The van der Waals surface area contributed by atoms with Crippen molar-refractivity contribution in [3.63, 3.8) is 0 Å². The van der Waals surface area contributed by atoms with Gasteiger partial charge in [0.2, 0.25) is 0 Å². The predicted octanol–water partition coefficient (Wildman–Crippen LogP) is 3.01. The third-order valence-electron chi connectivity index (χ3n) is 2.80. The third-order valence-corrected chi connectivity index (χ3v) is 3.85. The average Bonchev–Trinajstić information content (AvgIpc) is 2.81. The molecule has 1 unspecified atom stereocenters. The van der Waals surface area contributed by atoms with Crippen LogP contribution in [0.15, 0.2) is 18.2 Å². The van der Waals surface area contributed by atoms with Crippen molar-refractivity contribution in [2.45, 2.75) is 33.2 Å². The first-order chi connectivity index (χ1) is 8.93. The fraction of sp³-hybridized carbons (Fsp3) is 0.429. The van der Waals surface area contributed by atoms with E-state index in [2.05, 4.69) is 19.2 Å². The monoisotopic (exact) mass is 281 g/mol. The number of thiophene rings is 1. The Hall–Kier alpha value is -1.62. The molecule has 2 N–H and O–H groups in total. The van der Waals surface area contributed by atoms with E-state index in [9.17, 15) is 9.59 Å². The number of aliphatic carboxylic acids is 1. The average molecular weight is 281 g/mol. The number of carbonyl (C=O) groups excluding carboxylic acids is 1. The number of amides is 1. The van der Waals surface area contributed by atoms with Gasteiger partial charge in [0.05, 0.1) is 4.88 Å². The summed E-state index contributed by atoms with van der Waals surface area (Å²) in [4.78, 5) is 23.8. The molecule has 1 aromatic heterocycles. The van der Waals surface area contributed by atoms with Crippen LogP contribution in [0.25, 0.3) is 6.08 Å². The lowest BCUT2D eigenvalue weighted by atomic mass is 10.0. The number of carboxylic acid groups (broad SMARTS) is 1. The summed E-state index contributed by atoms with van der Waals surface area (Å²) in [6, 6.07) is 3.62. The Morgan fingerprint density at radius 1 is 1.42 bits per heavy atom. The standard InChI is InChI=1S/C14H19NO3S/c1-4-11(9(2)3)15-14(18)12-7-5-10(19-12)6-8-13(16)17/h5-9,11H,4H2,1-3H3,(H,15,18)(H,16,17)/b8-6+. The summed E-state index contributed by atoms with van der Waals surface area (Å²) in [5.41, 5.74) is 0. The molecular formula is C14H19NO3S. The van der Waals surface area contributed by atoms with Crippen LogP contribution in [0.5, 0.6) is 0 Å². The summed E-state index contributed by atoms with van der Waals surface area (Å²) in [5, 5.41) is 11.5. The topological polar surface area (TPSA) is 66.4 Å². The molecule has 0 aliphatic carbocycles. The van der Waals surface area contributed by atoms with Gasteiger partial charge in [0.15, 0.2) is 0 Å². The van der Waals surface area contributed by atoms with Crippen molar-refractivity contribution in [3.05, 3.63) is 28.0 Å². The molecule has 0 saturated heterocycles. The van der Waals surface area contributed by atoms with E-state index in [1.807, 2.05) is 6.92 Å². The lowest BCUT2D eigenvalue weighted by Crippen LogP contribution is -2.37. The van der Waals surface area contributed by atoms with Gasteiger partial charge in [-0.3, -0.25) is 4.79 Å². The molecule has 5 heteroatoms. The van der Waals surface area contributed by atoms with Crippen LogP contribution in [0.4, 0.5) is 0 Å². The van der Waals surface area contributed by atoms with Crippen LogP contribution in [-0.2, 0) is 4.79 Å². The lowest BCUT2D eigenvalue weighted by Gasteiger charge is -2.20. The second-order valence-corrected chi connectivity index (χ2v) is 5.72. The van der Waals surface area contributed by atoms with E-state index < -0.39 is 5.97 Å². The first-order valence-corrected chi connectivity index (χ1v) is 7.07. The maximum atomic E-state index is 12.0. The summed E-state index contributed by atoms with van der Waals surface area (Å²) in [6.45, 7) is 6.19. The van der Waals surface area contributed by atoms with Gasteiger partial charge in [-0.05, 0) is 30.5 Å². The van der Waals surface area contributed by atoms with Gasteiger partial charge in [-0.2, -0.15) is 0 Å². The number of rotatable bonds is 6. The van der Waals surface area contributed by atoms with Gasteiger partial charge in [0.25, 0.3) is 5.91 Å². The first kappa shape index (κ1) is 15.4. The van der Waals surface area contributed by atoms with Crippen LogP contribution >= 0.6 is 11.3 Å². The van der Waals surface area contributed by atoms with Crippen molar-refractivity contribution >= 4 is 29.3 Å². The number of hydrogen-bond acceptors (Lipinski definition) is 3. The van der Waals surface area contributed by atoms with Crippen LogP contribution in [0.1, 0.15) is 41.7 Å². The van der Waals surface area contributed by atoms with Gasteiger partial charge in [-0.25, -0.2) is 4.79 Å². The molecule has 104 valence electrons.